The zero-order valence-corrected chi connectivity index (χ0v) is 11.5. The number of carbonyl (C=O) groups is 1. The van der Waals surface area contributed by atoms with E-state index < -0.39 is 0 Å². The monoisotopic (exact) mass is 224 g/mol. The molecule has 0 saturated heterocycles. The number of Topliss-reactive ketones (excluding diaryl/α,β-unsaturated/α-hetero) is 1. The van der Waals surface area contributed by atoms with Gasteiger partial charge in [0.15, 0.2) is 0 Å². The van der Waals surface area contributed by atoms with Crippen LogP contribution in [0, 0.1) is 23.7 Å². The Kier molecular flexibility index (Phi) is 5.51. The van der Waals surface area contributed by atoms with Crippen molar-refractivity contribution in [2.75, 3.05) is 0 Å². The van der Waals surface area contributed by atoms with Crippen molar-refractivity contribution in [2.24, 2.45) is 23.7 Å². The van der Waals surface area contributed by atoms with Gasteiger partial charge in [-0.25, -0.2) is 0 Å². The van der Waals surface area contributed by atoms with Crippen LogP contribution in [0.5, 0.6) is 0 Å². The molecule has 3 atom stereocenters. The highest BCUT2D eigenvalue weighted by atomic mass is 16.1. The highest BCUT2D eigenvalue weighted by Gasteiger charge is 2.21. The third-order valence-corrected chi connectivity index (χ3v) is 4.38. The summed E-state index contributed by atoms with van der Waals surface area (Å²) in [6.07, 6.45) is 6.94. The summed E-state index contributed by atoms with van der Waals surface area (Å²) < 4.78 is 0. The average molecular weight is 224 g/mol. The molecule has 1 saturated carbocycles. The minimum absolute atomic E-state index is 0.298. The Morgan fingerprint density at radius 1 is 1.00 bits per heavy atom. The highest BCUT2D eigenvalue weighted by Crippen LogP contribution is 2.29. The molecule has 1 fully saturated rings. The standard InChI is InChI=1S/C15H28O/c1-11(2)14-8-5-12(3)6-10-15(16)13(4)7-9-14/h11-14H,5-10H2,1-4H3. The highest BCUT2D eigenvalue weighted by molar-refractivity contribution is 5.80. The van der Waals surface area contributed by atoms with E-state index in [2.05, 4.69) is 27.7 Å². The van der Waals surface area contributed by atoms with Gasteiger partial charge < -0.3 is 0 Å². The minimum Gasteiger partial charge on any atom is -0.299 e. The summed E-state index contributed by atoms with van der Waals surface area (Å²) in [6, 6.07) is 0. The quantitative estimate of drug-likeness (QED) is 0.643. The second-order valence-corrected chi connectivity index (χ2v) is 6.17. The summed E-state index contributed by atoms with van der Waals surface area (Å²) in [5.41, 5.74) is 0. The molecule has 1 heteroatoms. The van der Waals surface area contributed by atoms with Crippen LogP contribution in [0.15, 0.2) is 0 Å². The minimum atomic E-state index is 0.298. The maximum atomic E-state index is 11.9. The lowest BCUT2D eigenvalue weighted by Gasteiger charge is -2.25. The lowest BCUT2D eigenvalue weighted by molar-refractivity contribution is -0.123. The smallest absolute Gasteiger partial charge is 0.135 e. The van der Waals surface area contributed by atoms with Crippen molar-refractivity contribution >= 4 is 5.78 Å². The van der Waals surface area contributed by atoms with Gasteiger partial charge in [-0.1, -0.05) is 34.1 Å². The number of hydrogen-bond donors (Lipinski definition) is 0. The van der Waals surface area contributed by atoms with E-state index in [-0.39, 0.29) is 0 Å². The fraction of sp³-hybridized carbons (Fsp3) is 0.933. The van der Waals surface area contributed by atoms with Gasteiger partial charge in [-0.2, -0.15) is 0 Å². The summed E-state index contributed by atoms with van der Waals surface area (Å²) in [4.78, 5) is 11.9. The molecule has 0 amide bonds. The average Bonchev–Trinajstić information content (AvgIpc) is 2.23. The van der Waals surface area contributed by atoms with Gasteiger partial charge in [0.2, 0.25) is 0 Å². The first-order chi connectivity index (χ1) is 7.50. The van der Waals surface area contributed by atoms with Crippen LogP contribution in [0.25, 0.3) is 0 Å². The van der Waals surface area contributed by atoms with Crippen LogP contribution in [0.3, 0.4) is 0 Å². The van der Waals surface area contributed by atoms with Crippen molar-refractivity contribution in [1.82, 2.24) is 0 Å². The van der Waals surface area contributed by atoms with E-state index in [1.807, 2.05) is 0 Å². The molecule has 0 aromatic heterocycles. The summed E-state index contributed by atoms with van der Waals surface area (Å²) in [5, 5.41) is 0. The molecule has 16 heavy (non-hydrogen) atoms. The van der Waals surface area contributed by atoms with Gasteiger partial charge in [0.05, 0.1) is 0 Å². The maximum Gasteiger partial charge on any atom is 0.135 e. The van der Waals surface area contributed by atoms with Crippen LogP contribution in [-0.2, 0) is 4.79 Å². The Morgan fingerprint density at radius 3 is 2.25 bits per heavy atom. The third kappa shape index (κ3) is 4.27. The molecular formula is C15H28O. The van der Waals surface area contributed by atoms with Crippen LogP contribution in [0.1, 0.15) is 66.2 Å². The van der Waals surface area contributed by atoms with Crippen molar-refractivity contribution in [3.05, 3.63) is 0 Å². The molecule has 0 aromatic carbocycles. The number of carbonyl (C=O) groups excluding carboxylic acids is 1. The van der Waals surface area contributed by atoms with Gasteiger partial charge in [-0.3, -0.25) is 4.79 Å². The van der Waals surface area contributed by atoms with Crippen molar-refractivity contribution < 1.29 is 4.79 Å². The topological polar surface area (TPSA) is 17.1 Å². The second-order valence-electron chi connectivity index (χ2n) is 6.17. The Hall–Kier alpha value is -0.330. The molecule has 94 valence electrons. The lowest BCUT2D eigenvalue weighted by atomic mass is 9.80. The van der Waals surface area contributed by atoms with Crippen molar-refractivity contribution in [3.8, 4) is 0 Å². The van der Waals surface area contributed by atoms with Gasteiger partial charge in [0, 0.05) is 12.3 Å². The molecular weight excluding hydrogens is 196 g/mol. The van der Waals surface area contributed by atoms with Crippen molar-refractivity contribution in [1.29, 1.82) is 0 Å². The van der Waals surface area contributed by atoms with Crippen molar-refractivity contribution in [2.45, 2.75) is 66.2 Å². The SMILES string of the molecule is CC1CCC(=O)C(C)CCC(C(C)C)CC1. The van der Waals surface area contributed by atoms with Crippen LogP contribution in [0.2, 0.25) is 0 Å². The molecule has 0 N–H and O–H groups in total. The normalized spacial score (nSPS) is 34.1. The summed E-state index contributed by atoms with van der Waals surface area (Å²) >= 11 is 0. The number of rotatable bonds is 1. The molecule has 1 aliphatic rings. The maximum absolute atomic E-state index is 11.9. The third-order valence-electron chi connectivity index (χ3n) is 4.38. The first-order valence-corrected chi connectivity index (χ1v) is 7.03. The molecule has 1 aliphatic carbocycles. The van der Waals surface area contributed by atoms with Crippen LogP contribution in [-0.4, -0.2) is 5.78 Å². The Labute approximate surface area is 101 Å². The Morgan fingerprint density at radius 2 is 1.62 bits per heavy atom. The van der Waals surface area contributed by atoms with Crippen LogP contribution in [0.4, 0.5) is 0 Å². The Balaban J connectivity index is 2.58. The van der Waals surface area contributed by atoms with E-state index in [1.165, 1.54) is 19.3 Å². The fourth-order valence-electron chi connectivity index (χ4n) is 2.71. The molecule has 0 aromatic rings. The predicted molar refractivity (Wildman–Crippen MR) is 69.4 cm³/mol. The van der Waals surface area contributed by atoms with Crippen LogP contribution >= 0.6 is 0 Å². The predicted octanol–water partition coefficient (Wildman–Crippen LogP) is 4.45. The summed E-state index contributed by atoms with van der Waals surface area (Å²) in [7, 11) is 0. The largest absolute Gasteiger partial charge is 0.299 e. The molecule has 0 bridgehead atoms. The summed E-state index contributed by atoms with van der Waals surface area (Å²) in [6.45, 7) is 9.07. The van der Waals surface area contributed by atoms with E-state index in [9.17, 15) is 4.79 Å². The molecule has 0 heterocycles. The zero-order valence-electron chi connectivity index (χ0n) is 11.5. The molecule has 0 aliphatic heterocycles. The van der Waals surface area contributed by atoms with E-state index >= 15 is 0 Å². The molecule has 3 unspecified atom stereocenters. The van der Waals surface area contributed by atoms with E-state index in [1.54, 1.807) is 0 Å². The number of ketones is 1. The lowest BCUT2D eigenvalue weighted by Crippen LogP contribution is -2.18. The van der Waals surface area contributed by atoms with Gasteiger partial charge >= 0.3 is 0 Å². The second kappa shape index (κ2) is 6.42. The van der Waals surface area contributed by atoms with E-state index in [4.69, 9.17) is 0 Å². The molecule has 0 spiro atoms. The van der Waals surface area contributed by atoms with E-state index in [0.717, 1.165) is 37.0 Å². The van der Waals surface area contributed by atoms with Gasteiger partial charge in [-0.15, -0.1) is 0 Å². The van der Waals surface area contributed by atoms with Crippen LogP contribution < -0.4 is 0 Å². The molecule has 1 rings (SSSR count). The van der Waals surface area contributed by atoms with Gasteiger partial charge in [0.1, 0.15) is 5.78 Å². The van der Waals surface area contributed by atoms with Gasteiger partial charge in [0.25, 0.3) is 0 Å². The van der Waals surface area contributed by atoms with E-state index in [0.29, 0.717) is 11.7 Å². The zero-order chi connectivity index (χ0) is 12.1. The first-order valence-electron chi connectivity index (χ1n) is 7.03. The van der Waals surface area contributed by atoms with Gasteiger partial charge in [-0.05, 0) is 43.4 Å². The first kappa shape index (κ1) is 13.7. The van der Waals surface area contributed by atoms with Crippen molar-refractivity contribution in [3.63, 3.8) is 0 Å². The Bertz CT molecular complexity index is 219. The number of hydrogen-bond acceptors (Lipinski definition) is 1. The molecule has 1 nitrogen and oxygen atoms in total. The molecule has 0 radical (unpaired) electrons. The summed E-state index contributed by atoms with van der Waals surface area (Å²) in [5.74, 6) is 3.13. The fourth-order valence-corrected chi connectivity index (χ4v) is 2.71.